The van der Waals surface area contributed by atoms with Crippen molar-refractivity contribution in [3.63, 3.8) is 0 Å². The number of aliphatic imine (C=N–C) groups is 1. The van der Waals surface area contributed by atoms with Crippen LogP contribution in [-0.2, 0) is 12.8 Å². The van der Waals surface area contributed by atoms with Crippen molar-refractivity contribution in [3.8, 4) is 0 Å². The van der Waals surface area contributed by atoms with Crippen LogP contribution in [0.3, 0.4) is 0 Å². The maximum absolute atomic E-state index is 5.36. The van der Waals surface area contributed by atoms with E-state index in [1.165, 1.54) is 17.5 Å². The van der Waals surface area contributed by atoms with Crippen LogP contribution in [0.15, 0.2) is 17.1 Å². The van der Waals surface area contributed by atoms with Crippen molar-refractivity contribution in [2.45, 2.75) is 26.2 Å². The average molecular weight is 278 g/mol. The largest absolute Gasteiger partial charge is 0.370 e. The minimum Gasteiger partial charge on any atom is -0.370 e. The van der Waals surface area contributed by atoms with Crippen LogP contribution in [0.1, 0.15) is 23.2 Å². The number of rotatable bonds is 1. The van der Waals surface area contributed by atoms with Crippen LogP contribution < -0.4 is 11.5 Å². The molecule has 6 heteroatoms. The van der Waals surface area contributed by atoms with Crippen molar-refractivity contribution in [1.82, 2.24) is 9.97 Å². The first kappa shape index (κ1) is 13.5. The van der Waals surface area contributed by atoms with Gasteiger partial charge in [-0.05, 0) is 49.4 Å². The molecule has 0 atom stereocenters. The van der Waals surface area contributed by atoms with Crippen LogP contribution in [0.25, 0.3) is 10.9 Å². The number of halogens is 1. The molecule has 1 aliphatic carbocycles. The number of nitrogens with two attached hydrogens (primary N) is 2. The molecule has 3 rings (SSSR count). The van der Waals surface area contributed by atoms with Gasteiger partial charge in [0.2, 0.25) is 0 Å². The van der Waals surface area contributed by atoms with E-state index in [4.69, 9.17) is 11.5 Å². The van der Waals surface area contributed by atoms with Crippen LogP contribution >= 0.6 is 12.4 Å². The zero-order valence-corrected chi connectivity index (χ0v) is 11.5. The number of hydrogen-bond acceptors (Lipinski definition) is 3. The molecule has 19 heavy (non-hydrogen) atoms. The lowest BCUT2D eigenvalue weighted by molar-refractivity contribution is 0.912. The second kappa shape index (κ2) is 5.01. The summed E-state index contributed by atoms with van der Waals surface area (Å²) in [6, 6.07) is 4.34. The maximum atomic E-state index is 5.36. The van der Waals surface area contributed by atoms with Crippen LogP contribution in [0, 0.1) is 6.92 Å². The summed E-state index contributed by atoms with van der Waals surface area (Å²) >= 11 is 0. The highest BCUT2D eigenvalue weighted by Crippen LogP contribution is 2.28. The molecular weight excluding hydrogens is 262 g/mol. The third-order valence-electron chi connectivity index (χ3n) is 3.32. The molecule has 2 aromatic rings. The molecule has 0 saturated heterocycles. The average Bonchev–Trinajstić information content (AvgIpc) is 2.72. The molecule has 0 saturated carbocycles. The normalized spacial score (nSPS) is 12.9. The van der Waals surface area contributed by atoms with E-state index in [0.717, 1.165) is 29.4 Å². The molecule has 1 aliphatic rings. The smallest absolute Gasteiger partial charge is 0.253 e. The third-order valence-corrected chi connectivity index (χ3v) is 3.32. The molecule has 1 aromatic carbocycles. The third kappa shape index (κ3) is 2.46. The number of hydrogen-bond donors (Lipinski definition) is 2. The van der Waals surface area contributed by atoms with Crippen LogP contribution in [0.5, 0.6) is 0 Å². The van der Waals surface area contributed by atoms with Gasteiger partial charge in [0.05, 0.1) is 11.2 Å². The molecule has 0 unspecified atom stereocenters. The quantitative estimate of drug-likeness (QED) is 0.614. The van der Waals surface area contributed by atoms with Crippen LogP contribution in [-0.4, -0.2) is 15.9 Å². The highest BCUT2D eigenvalue weighted by atomic mass is 35.5. The van der Waals surface area contributed by atoms with E-state index in [-0.39, 0.29) is 18.4 Å². The predicted molar refractivity (Wildman–Crippen MR) is 79.0 cm³/mol. The highest BCUT2D eigenvalue weighted by Gasteiger charge is 2.14. The van der Waals surface area contributed by atoms with Gasteiger partial charge in [-0.1, -0.05) is 0 Å². The first-order chi connectivity index (χ1) is 8.63. The van der Waals surface area contributed by atoms with Gasteiger partial charge < -0.3 is 11.5 Å². The van der Waals surface area contributed by atoms with E-state index in [1.54, 1.807) is 0 Å². The summed E-state index contributed by atoms with van der Waals surface area (Å²) in [7, 11) is 0. The van der Waals surface area contributed by atoms with E-state index in [1.807, 2.05) is 6.92 Å². The van der Waals surface area contributed by atoms with Gasteiger partial charge in [0, 0.05) is 5.39 Å². The Balaban J connectivity index is 0.00000133. The van der Waals surface area contributed by atoms with E-state index in [9.17, 15) is 0 Å². The second-order valence-electron chi connectivity index (χ2n) is 4.64. The predicted octanol–water partition coefficient (Wildman–Crippen LogP) is 1.75. The van der Waals surface area contributed by atoms with Crippen molar-refractivity contribution in [2.24, 2.45) is 16.5 Å². The van der Waals surface area contributed by atoms with E-state index in [2.05, 4.69) is 27.1 Å². The minimum absolute atomic E-state index is 0. The maximum Gasteiger partial charge on any atom is 0.253 e. The Kier molecular flexibility index (Phi) is 3.57. The highest BCUT2D eigenvalue weighted by molar-refractivity contribution is 5.85. The van der Waals surface area contributed by atoms with E-state index >= 15 is 0 Å². The number of benzene rings is 1. The molecule has 5 nitrogen and oxygen atoms in total. The van der Waals surface area contributed by atoms with Gasteiger partial charge in [0.1, 0.15) is 0 Å². The summed E-state index contributed by atoms with van der Waals surface area (Å²) in [5.41, 5.74) is 15.4. The Morgan fingerprint density at radius 2 is 1.84 bits per heavy atom. The van der Waals surface area contributed by atoms with Crippen LogP contribution in [0.2, 0.25) is 0 Å². The lowest BCUT2D eigenvalue weighted by Gasteiger charge is -2.06. The monoisotopic (exact) mass is 277 g/mol. The van der Waals surface area contributed by atoms with Crippen molar-refractivity contribution in [2.75, 3.05) is 0 Å². The van der Waals surface area contributed by atoms with E-state index in [0.29, 0.717) is 5.95 Å². The van der Waals surface area contributed by atoms with Crippen molar-refractivity contribution < 1.29 is 0 Å². The molecule has 0 bridgehead atoms. The topological polar surface area (TPSA) is 90.2 Å². The molecule has 100 valence electrons. The standard InChI is InChI=1S/C13H15N5.ClH/c1-7-10-5-8-3-2-4-9(8)6-11(10)17-13(16-7)18-12(14)15;/h5-6H,2-4H2,1H3,(H4,14,15,16,17,18);1H. The summed E-state index contributed by atoms with van der Waals surface area (Å²) in [5.74, 6) is 0.313. The van der Waals surface area contributed by atoms with Gasteiger partial charge >= 0.3 is 0 Å². The molecule has 0 spiro atoms. The molecular formula is C13H16ClN5. The van der Waals surface area contributed by atoms with Crippen molar-refractivity contribution in [3.05, 3.63) is 29.0 Å². The Labute approximate surface area is 117 Å². The van der Waals surface area contributed by atoms with Gasteiger partial charge in [-0.25, -0.2) is 9.97 Å². The summed E-state index contributed by atoms with van der Waals surface area (Å²) in [6.45, 7) is 1.96. The summed E-state index contributed by atoms with van der Waals surface area (Å²) < 4.78 is 0. The molecule has 4 N–H and O–H groups in total. The molecule has 0 fully saturated rings. The second-order valence-corrected chi connectivity index (χ2v) is 4.64. The number of aromatic nitrogens is 2. The fourth-order valence-corrected chi connectivity index (χ4v) is 2.50. The van der Waals surface area contributed by atoms with Crippen molar-refractivity contribution in [1.29, 1.82) is 0 Å². The first-order valence-corrected chi connectivity index (χ1v) is 6.03. The zero-order chi connectivity index (χ0) is 12.7. The molecule has 0 aliphatic heterocycles. The number of guanidine groups is 1. The summed E-state index contributed by atoms with van der Waals surface area (Å²) in [4.78, 5) is 12.6. The molecule has 1 heterocycles. The Morgan fingerprint density at radius 1 is 1.16 bits per heavy atom. The molecule has 0 amide bonds. The number of aryl methyl sites for hydroxylation is 3. The van der Waals surface area contributed by atoms with Gasteiger partial charge in [0.15, 0.2) is 5.96 Å². The van der Waals surface area contributed by atoms with Crippen molar-refractivity contribution >= 4 is 35.2 Å². The van der Waals surface area contributed by atoms with Crippen LogP contribution in [0.4, 0.5) is 5.95 Å². The van der Waals surface area contributed by atoms with E-state index < -0.39 is 0 Å². The Bertz CT molecular complexity index is 662. The Morgan fingerprint density at radius 3 is 2.53 bits per heavy atom. The lowest BCUT2D eigenvalue weighted by atomic mass is 10.1. The van der Waals surface area contributed by atoms with Gasteiger partial charge in [-0.3, -0.25) is 0 Å². The first-order valence-electron chi connectivity index (χ1n) is 6.03. The molecule has 0 radical (unpaired) electrons. The number of fused-ring (bicyclic) bond motifs is 2. The minimum atomic E-state index is -0.0186. The summed E-state index contributed by atoms with van der Waals surface area (Å²) in [6.07, 6.45) is 3.51. The molecule has 1 aromatic heterocycles. The fourth-order valence-electron chi connectivity index (χ4n) is 2.50. The Hall–Kier alpha value is -1.88. The zero-order valence-electron chi connectivity index (χ0n) is 10.7. The lowest BCUT2D eigenvalue weighted by Crippen LogP contribution is -2.22. The van der Waals surface area contributed by atoms with Gasteiger partial charge in [-0.2, -0.15) is 4.99 Å². The SMILES string of the molecule is Cc1nc(N=C(N)N)nc2cc3c(cc12)CCC3.Cl. The number of nitrogens with zero attached hydrogens (tertiary/aromatic N) is 3. The summed E-state index contributed by atoms with van der Waals surface area (Å²) in [5, 5.41) is 1.09. The van der Waals surface area contributed by atoms with Gasteiger partial charge in [0.25, 0.3) is 5.95 Å². The fraction of sp³-hybridized carbons (Fsp3) is 0.308. The van der Waals surface area contributed by atoms with Gasteiger partial charge in [-0.15, -0.1) is 12.4 Å².